The molecule has 2 aromatic rings. The Morgan fingerprint density at radius 3 is 2.77 bits per heavy atom. The Morgan fingerprint density at radius 1 is 1.19 bits per heavy atom. The highest BCUT2D eigenvalue weighted by molar-refractivity contribution is 7.91. The quantitative estimate of drug-likeness (QED) is 0.718. The summed E-state index contributed by atoms with van der Waals surface area (Å²) in [5.74, 6) is 0.704. The smallest absolute Gasteiger partial charge is 0.252 e. The second kappa shape index (κ2) is 6.84. The van der Waals surface area contributed by atoms with Gasteiger partial charge in [0.05, 0.1) is 4.34 Å². The first-order valence-electron chi connectivity index (χ1n) is 8.14. The third-order valence-electron chi connectivity index (χ3n) is 4.55. The number of ether oxygens (including phenoxy) is 2. The monoisotopic (exact) mass is 413 g/mol. The second-order valence-electron chi connectivity index (χ2n) is 6.19. The van der Waals surface area contributed by atoms with Crippen LogP contribution < -0.4 is 9.47 Å². The maximum absolute atomic E-state index is 12.9. The Hall–Kier alpha value is -1.61. The molecule has 6 nitrogen and oxygen atoms in total. The molecule has 2 aliphatic heterocycles. The average Bonchev–Trinajstić information content (AvgIpc) is 3.29. The first-order chi connectivity index (χ1) is 12.4. The van der Waals surface area contributed by atoms with Crippen LogP contribution in [-0.2, 0) is 10.0 Å². The third kappa shape index (κ3) is 3.22. The Labute approximate surface area is 160 Å². The number of piperidine rings is 1. The lowest BCUT2D eigenvalue weighted by Gasteiger charge is -2.30. The van der Waals surface area contributed by atoms with Crippen LogP contribution in [0.15, 0.2) is 34.5 Å². The van der Waals surface area contributed by atoms with Crippen molar-refractivity contribution in [1.29, 1.82) is 0 Å². The lowest BCUT2D eigenvalue weighted by molar-refractivity contribution is 0.0872. The molecule has 1 fully saturated rings. The zero-order valence-corrected chi connectivity index (χ0v) is 16.1. The summed E-state index contributed by atoms with van der Waals surface area (Å²) in [7, 11) is -3.63. The highest BCUT2D eigenvalue weighted by atomic mass is 35.5. The van der Waals surface area contributed by atoms with Gasteiger partial charge in [-0.3, -0.25) is 4.79 Å². The van der Waals surface area contributed by atoms with Crippen molar-refractivity contribution in [1.82, 2.24) is 4.31 Å². The summed E-state index contributed by atoms with van der Waals surface area (Å²) < 4.78 is 38.2. The SMILES string of the molecule is O=C(c1ccc2c(c1)OCO2)[C@@H]1CCCN(S(=O)(=O)c2ccc(Cl)s2)C1. The number of sulfonamides is 1. The van der Waals surface area contributed by atoms with E-state index in [0.717, 1.165) is 11.3 Å². The second-order valence-corrected chi connectivity index (χ2v) is 10.1. The van der Waals surface area contributed by atoms with E-state index in [1.165, 1.54) is 10.4 Å². The number of carbonyl (C=O) groups excluding carboxylic acids is 1. The number of carbonyl (C=O) groups is 1. The van der Waals surface area contributed by atoms with Crippen LogP contribution in [-0.4, -0.2) is 38.4 Å². The van der Waals surface area contributed by atoms with Crippen LogP contribution >= 0.6 is 22.9 Å². The molecule has 0 bridgehead atoms. The largest absolute Gasteiger partial charge is 0.454 e. The van der Waals surface area contributed by atoms with E-state index in [2.05, 4.69) is 0 Å². The summed E-state index contributed by atoms with van der Waals surface area (Å²) in [6, 6.07) is 8.14. The van der Waals surface area contributed by atoms with Gasteiger partial charge in [0.2, 0.25) is 6.79 Å². The molecule has 3 heterocycles. The molecule has 26 heavy (non-hydrogen) atoms. The van der Waals surface area contributed by atoms with Gasteiger partial charge in [-0.2, -0.15) is 4.31 Å². The van der Waals surface area contributed by atoms with Gasteiger partial charge >= 0.3 is 0 Å². The zero-order chi connectivity index (χ0) is 18.3. The Bertz CT molecular complexity index is 956. The molecule has 2 aliphatic rings. The number of ketones is 1. The van der Waals surface area contributed by atoms with E-state index in [1.54, 1.807) is 24.3 Å². The maximum atomic E-state index is 12.9. The lowest BCUT2D eigenvalue weighted by Crippen LogP contribution is -2.42. The van der Waals surface area contributed by atoms with E-state index >= 15 is 0 Å². The van der Waals surface area contributed by atoms with E-state index in [0.29, 0.717) is 40.8 Å². The van der Waals surface area contributed by atoms with Crippen LogP contribution in [0.3, 0.4) is 0 Å². The summed E-state index contributed by atoms with van der Waals surface area (Å²) in [6.45, 7) is 0.722. The Kier molecular flexibility index (Phi) is 4.68. The van der Waals surface area contributed by atoms with Gasteiger partial charge in [-0.05, 0) is 43.2 Å². The van der Waals surface area contributed by atoms with E-state index < -0.39 is 10.0 Å². The summed E-state index contributed by atoms with van der Waals surface area (Å²) in [4.78, 5) is 12.9. The van der Waals surface area contributed by atoms with E-state index in [1.807, 2.05) is 0 Å². The zero-order valence-electron chi connectivity index (χ0n) is 13.7. The van der Waals surface area contributed by atoms with Crippen molar-refractivity contribution in [3.8, 4) is 11.5 Å². The minimum absolute atomic E-state index is 0.0765. The van der Waals surface area contributed by atoms with Crippen LogP contribution in [0.25, 0.3) is 0 Å². The molecule has 0 N–H and O–H groups in total. The number of nitrogens with zero attached hydrogens (tertiary/aromatic N) is 1. The van der Waals surface area contributed by atoms with Crippen LogP contribution in [0.4, 0.5) is 0 Å². The molecule has 0 radical (unpaired) electrons. The predicted octanol–water partition coefficient (Wildman–Crippen LogP) is 3.41. The molecule has 1 atom stereocenters. The summed E-state index contributed by atoms with van der Waals surface area (Å²) in [5.41, 5.74) is 0.512. The fourth-order valence-electron chi connectivity index (χ4n) is 3.22. The topological polar surface area (TPSA) is 72.9 Å². The molecule has 0 aliphatic carbocycles. The van der Waals surface area contributed by atoms with Gasteiger partial charge in [0.15, 0.2) is 17.3 Å². The van der Waals surface area contributed by atoms with Crippen molar-refractivity contribution in [3.05, 3.63) is 40.2 Å². The van der Waals surface area contributed by atoms with Crippen molar-refractivity contribution >= 4 is 38.7 Å². The van der Waals surface area contributed by atoms with Gasteiger partial charge in [-0.25, -0.2) is 8.42 Å². The number of halogens is 1. The first-order valence-corrected chi connectivity index (χ1v) is 10.8. The predicted molar refractivity (Wildman–Crippen MR) is 97.7 cm³/mol. The van der Waals surface area contributed by atoms with Crippen LogP contribution in [0.2, 0.25) is 4.34 Å². The average molecular weight is 414 g/mol. The molecular weight excluding hydrogens is 398 g/mol. The number of benzene rings is 1. The molecule has 4 rings (SSSR count). The number of hydrogen-bond acceptors (Lipinski definition) is 6. The number of fused-ring (bicyclic) bond motifs is 1. The van der Waals surface area contributed by atoms with E-state index in [4.69, 9.17) is 21.1 Å². The van der Waals surface area contributed by atoms with Gasteiger partial charge in [-0.15, -0.1) is 11.3 Å². The maximum Gasteiger partial charge on any atom is 0.252 e. The van der Waals surface area contributed by atoms with Gasteiger partial charge in [0.1, 0.15) is 4.21 Å². The highest BCUT2D eigenvalue weighted by Crippen LogP contribution is 2.35. The molecular formula is C17H16ClNO5S2. The van der Waals surface area contributed by atoms with Crippen LogP contribution in [0.1, 0.15) is 23.2 Å². The van der Waals surface area contributed by atoms with Crippen molar-refractivity contribution in [3.63, 3.8) is 0 Å². The number of rotatable bonds is 4. The van der Waals surface area contributed by atoms with Gasteiger partial charge in [0.25, 0.3) is 10.0 Å². The number of Topliss-reactive ketones (excluding diaryl/α,β-unsaturated/α-hetero) is 1. The highest BCUT2D eigenvalue weighted by Gasteiger charge is 2.34. The molecule has 1 aromatic carbocycles. The number of hydrogen-bond donors (Lipinski definition) is 0. The lowest BCUT2D eigenvalue weighted by atomic mass is 9.91. The van der Waals surface area contributed by atoms with Crippen molar-refractivity contribution < 1.29 is 22.7 Å². The van der Waals surface area contributed by atoms with Crippen molar-refractivity contribution in [2.24, 2.45) is 5.92 Å². The number of thiophene rings is 1. The molecule has 0 unspecified atom stereocenters. The van der Waals surface area contributed by atoms with Gasteiger partial charge in [-0.1, -0.05) is 11.6 Å². The molecule has 1 saturated heterocycles. The van der Waals surface area contributed by atoms with Gasteiger partial charge in [0, 0.05) is 24.6 Å². The minimum atomic E-state index is -3.63. The van der Waals surface area contributed by atoms with Crippen LogP contribution in [0, 0.1) is 5.92 Å². The molecule has 0 spiro atoms. The third-order valence-corrected chi connectivity index (χ3v) is 8.12. The van der Waals surface area contributed by atoms with Crippen molar-refractivity contribution in [2.45, 2.75) is 17.1 Å². The molecule has 1 aromatic heterocycles. The normalized spacial score (nSPS) is 20.3. The fourth-order valence-corrected chi connectivity index (χ4v) is 6.38. The standard InChI is InChI=1S/C17H16ClNO5S2/c18-15-5-6-16(25-15)26(21,22)19-7-1-2-12(9-19)17(20)11-3-4-13-14(8-11)24-10-23-13/h3-6,8,12H,1-2,7,9-10H2/t12-/m1/s1. The molecule has 0 amide bonds. The molecule has 9 heteroatoms. The van der Waals surface area contributed by atoms with Crippen molar-refractivity contribution in [2.75, 3.05) is 19.9 Å². The molecule has 0 saturated carbocycles. The summed E-state index contributed by atoms with van der Waals surface area (Å²) in [6.07, 6.45) is 1.30. The summed E-state index contributed by atoms with van der Waals surface area (Å²) in [5, 5.41) is 0. The fraction of sp³-hybridized carbons (Fsp3) is 0.353. The first kappa shape index (κ1) is 17.8. The van der Waals surface area contributed by atoms with Gasteiger partial charge < -0.3 is 9.47 Å². The Morgan fingerprint density at radius 2 is 2.00 bits per heavy atom. The minimum Gasteiger partial charge on any atom is -0.454 e. The van der Waals surface area contributed by atoms with Crippen LogP contribution in [0.5, 0.6) is 11.5 Å². The van der Waals surface area contributed by atoms with E-state index in [9.17, 15) is 13.2 Å². The molecule has 138 valence electrons. The summed E-state index contributed by atoms with van der Waals surface area (Å²) >= 11 is 6.90. The Balaban J connectivity index is 1.54. The van der Waals surface area contributed by atoms with E-state index in [-0.39, 0.29) is 29.2 Å².